The van der Waals surface area contributed by atoms with E-state index >= 15 is 0 Å². The molecule has 0 fully saturated rings. The minimum Gasteiger partial charge on any atom is -0.451 e. The Hall–Kier alpha value is -4.24. The summed E-state index contributed by atoms with van der Waals surface area (Å²) in [5.74, 6) is 4.33. The Bertz CT molecular complexity index is 1270. The summed E-state index contributed by atoms with van der Waals surface area (Å²) in [5.41, 5.74) is 2.93. The van der Waals surface area contributed by atoms with Gasteiger partial charge in [0.1, 0.15) is 5.76 Å². The molecule has 3 N–H and O–H groups in total. The molecule has 2 aromatic heterocycles. The Labute approximate surface area is 163 Å². The second kappa shape index (κ2) is 7.06. The molecule has 4 rings (SSSR count). The van der Waals surface area contributed by atoms with Crippen molar-refractivity contribution < 1.29 is 18.9 Å². The van der Waals surface area contributed by atoms with Gasteiger partial charge in [-0.05, 0) is 24.3 Å². The van der Waals surface area contributed by atoms with Crippen molar-refractivity contribution in [1.82, 2.24) is 9.99 Å². The molecule has 144 valence electrons. The van der Waals surface area contributed by atoms with Gasteiger partial charge in [0.05, 0.1) is 21.6 Å². The molecule has 9 nitrogen and oxygen atoms in total. The van der Waals surface area contributed by atoms with E-state index in [0.717, 1.165) is 0 Å². The van der Waals surface area contributed by atoms with Crippen LogP contribution in [0.2, 0.25) is 0 Å². The second-order valence-electron chi connectivity index (χ2n) is 6.15. The average molecular weight is 390 g/mol. The van der Waals surface area contributed by atoms with E-state index in [2.05, 4.69) is 5.43 Å². The van der Waals surface area contributed by atoms with Crippen molar-refractivity contribution in [3.63, 3.8) is 0 Å². The number of nitro benzene ring substituents is 1. The van der Waals surface area contributed by atoms with Crippen molar-refractivity contribution >= 4 is 28.4 Å². The fourth-order valence-electron chi connectivity index (χ4n) is 3.16. The molecule has 0 unspecified atom stereocenters. The number of hydrogen-bond acceptors (Lipinski definition) is 6. The van der Waals surface area contributed by atoms with Gasteiger partial charge in [0, 0.05) is 17.6 Å². The maximum atomic E-state index is 13.0. The Kier molecular flexibility index (Phi) is 4.41. The minimum absolute atomic E-state index is 0.0291. The largest absolute Gasteiger partial charge is 0.451 e. The fourth-order valence-corrected chi connectivity index (χ4v) is 3.16. The quantitative estimate of drug-likeness (QED) is 0.238. The minimum atomic E-state index is -0.534. The van der Waals surface area contributed by atoms with Crippen LogP contribution in [0, 0.1) is 10.1 Å². The van der Waals surface area contributed by atoms with Crippen LogP contribution in [0.1, 0.15) is 20.9 Å². The first-order valence-corrected chi connectivity index (χ1v) is 8.50. The van der Waals surface area contributed by atoms with E-state index in [-0.39, 0.29) is 28.3 Å². The van der Waals surface area contributed by atoms with Crippen LogP contribution >= 0.6 is 0 Å². The predicted molar refractivity (Wildman–Crippen MR) is 104 cm³/mol. The Morgan fingerprint density at radius 2 is 1.76 bits per heavy atom. The SMILES string of the molecule is NNC(=O)c1cn(C(=O)c2ccc(-c3ccccc3[N+](=O)[O-])o2)c2ccccc12. The molecule has 0 saturated carbocycles. The summed E-state index contributed by atoms with van der Waals surface area (Å²) in [4.78, 5) is 35.8. The highest BCUT2D eigenvalue weighted by molar-refractivity contribution is 6.10. The number of carbonyl (C=O) groups excluding carboxylic acids is 2. The maximum absolute atomic E-state index is 13.0. The number of hydrazine groups is 1. The molecule has 2 heterocycles. The third-order valence-corrected chi connectivity index (χ3v) is 4.49. The highest BCUT2D eigenvalue weighted by Gasteiger charge is 2.23. The molecular weight excluding hydrogens is 376 g/mol. The first kappa shape index (κ1) is 18.1. The number of fused-ring (bicyclic) bond motifs is 1. The van der Waals surface area contributed by atoms with Crippen LogP contribution in [0.3, 0.4) is 0 Å². The molecule has 29 heavy (non-hydrogen) atoms. The first-order valence-electron chi connectivity index (χ1n) is 8.50. The number of nitrogens with one attached hydrogen (secondary N) is 1. The fraction of sp³-hybridized carbons (Fsp3) is 0. The average Bonchev–Trinajstić information content (AvgIpc) is 3.38. The number of carbonyl (C=O) groups is 2. The van der Waals surface area contributed by atoms with Gasteiger partial charge in [-0.15, -0.1) is 0 Å². The third kappa shape index (κ3) is 3.05. The second-order valence-corrected chi connectivity index (χ2v) is 6.15. The summed E-state index contributed by atoms with van der Waals surface area (Å²) in [6.45, 7) is 0. The van der Waals surface area contributed by atoms with Gasteiger partial charge in [0.15, 0.2) is 5.76 Å². The van der Waals surface area contributed by atoms with Crippen molar-refractivity contribution in [1.29, 1.82) is 0 Å². The Morgan fingerprint density at radius 1 is 1.03 bits per heavy atom. The smallest absolute Gasteiger partial charge is 0.298 e. The van der Waals surface area contributed by atoms with Gasteiger partial charge in [-0.1, -0.05) is 30.3 Å². The molecule has 4 aromatic rings. The van der Waals surface area contributed by atoms with E-state index < -0.39 is 16.7 Å². The molecule has 0 spiro atoms. The molecule has 9 heteroatoms. The van der Waals surface area contributed by atoms with Crippen molar-refractivity contribution in [2.75, 3.05) is 0 Å². The van der Waals surface area contributed by atoms with Gasteiger partial charge in [0.2, 0.25) is 0 Å². The summed E-state index contributed by atoms with van der Waals surface area (Å²) in [7, 11) is 0. The van der Waals surface area contributed by atoms with Gasteiger partial charge in [-0.3, -0.25) is 29.7 Å². The van der Waals surface area contributed by atoms with E-state index in [9.17, 15) is 19.7 Å². The monoisotopic (exact) mass is 390 g/mol. The van der Waals surface area contributed by atoms with Crippen LogP contribution in [-0.4, -0.2) is 21.3 Å². The Balaban J connectivity index is 1.78. The normalized spacial score (nSPS) is 10.8. The first-order chi connectivity index (χ1) is 14.0. The van der Waals surface area contributed by atoms with Gasteiger partial charge in [-0.2, -0.15) is 0 Å². The zero-order chi connectivity index (χ0) is 20.5. The molecule has 0 aliphatic carbocycles. The third-order valence-electron chi connectivity index (χ3n) is 4.49. The summed E-state index contributed by atoms with van der Waals surface area (Å²) in [6, 6.07) is 15.9. The van der Waals surface area contributed by atoms with Crippen LogP contribution in [0.4, 0.5) is 5.69 Å². The zero-order valence-electron chi connectivity index (χ0n) is 14.9. The van der Waals surface area contributed by atoms with Gasteiger partial charge in [-0.25, -0.2) is 5.84 Å². The van der Waals surface area contributed by atoms with Gasteiger partial charge < -0.3 is 4.42 Å². The van der Waals surface area contributed by atoms with Gasteiger partial charge in [0.25, 0.3) is 17.5 Å². The topological polar surface area (TPSA) is 133 Å². The lowest BCUT2D eigenvalue weighted by atomic mass is 10.1. The zero-order valence-corrected chi connectivity index (χ0v) is 14.9. The number of benzene rings is 2. The standard InChI is InChI=1S/C20H14N4O5/c21-22-19(25)14-11-23(15-7-3-1-5-12(14)15)20(26)18-10-9-17(29-18)13-6-2-4-8-16(13)24(27)28/h1-11H,21H2,(H,22,25). The lowest BCUT2D eigenvalue weighted by molar-refractivity contribution is -0.384. The lowest BCUT2D eigenvalue weighted by Crippen LogP contribution is -2.29. The molecule has 0 aliphatic heterocycles. The van der Waals surface area contributed by atoms with Crippen molar-refractivity contribution in [2.24, 2.45) is 5.84 Å². The van der Waals surface area contributed by atoms with Crippen molar-refractivity contribution in [2.45, 2.75) is 0 Å². The van der Waals surface area contributed by atoms with Gasteiger partial charge >= 0.3 is 0 Å². The summed E-state index contributed by atoms with van der Waals surface area (Å²) >= 11 is 0. The summed E-state index contributed by atoms with van der Waals surface area (Å²) in [6.07, 6.45) is 1.38. The van der Waals surface area contributed by atoms with Crippen LogP contribution < -0.4 is 11.3 Å². The molecular formula is C20H14N4O5. The van der Waals surface area contributed by atoms with Crippen LogP contribution in [0.25, 0.3) is 22.2 Å². The number of para-hydroxylation sites is 2. The number of aromatic nitrogens is 1. The molecule has 2 aromatic carbocycles. The van der Waals surface area contributed by atoms with Crippen LogP contribution in [0.5, 0.6) is 0 Å². The summed E-state index contributed by atoms with van der Waals surface area (Å²) < 4.78 is 6.90. The van der Waals surface area contributed by atoms with Crippen LogP contribution in [-0.2, 0) is 0 Å². The maximum Gasteiger partial charge on any atom is 0.298 e. The highest BCUT2D eigenvalue weighted by Crippen LogP contribution is 2.31. The number of nitrogen functional groups attached to an aromatic ring is 1. The number of nitro groups is 1. The predicted octanol–water partition coefficient (Wildman–Crippen LogP) is 3.10. The molecule has 0 aliphatic rings. The van der Waals surface area contributed by atoms with Crippen molar-refractivity contribution in [3.8, 4) is 11.3 Å². The molecule has 0 radical (unpaired) electrons. The molecule has 0 bridgehead atoms. The van der Waals surface area contributed by atoms with Crippen LogP contribution in [0.15, 0.2) is 71.3 Å². The number of hydrogen-bond donors (Lipinski definition) is 2. The summed E-state index contributed by atoms with van der Waals surface area (Å²) in [5, 5.41) is 11.8. The van der Waals surface area contributed by atoms with E-state index in [1.54, 1.807) is 42.5 Å². The van der Waals surface area contributed by atoms with E-state index in [0.29, 0.717) is 10.9 Å². The van der Waals surface area contributed by atoms with Crippen molar-refractivity contribution in [3.05, 3.63) is 88.3 Å². The van der Waals surface area contributed by atoms with E-state index in [1.165, 1.54) is 29.0 Å². The molecule has 1 amide bonds. The molecule has 0 atom stereocenters. The number of amides is 1. The van der Waals surface area contributed by atoms with E-state index in [4.69, 9.17) is 10.3 Å². The highest BCUT2D eigenvalue weighted by atomic mass is 16.6. The Morgan fingerprint density at radius 3 is 2.52 bits per heavy atom. The number of rotatable bonds is 4. The molecule has 0 saturated heterocycles. The number of furan rings is 1. The lowest BCUT2D eigenvalue weighted by Gasteiger charge is -2.02. The van der Waals surface area contributed by atoms with E-state index in [1.807, 2.05) is 0 Å². The number of nitrogens with two attached hydrogens (primary N) is 1. The number of nitrogens with zero attached hydrogens (tertiary/aromatic N) is 2.